The molecule has 3 aromatic rings. The average molecular weight is 380 g/mol. The van der Waals surface area contributed by atoms with Gasteiger partial charge in [0.15, 0.2) is 11.5 Å². The highest BCUT2D eigenvalue weighted by atomic mass is 35.5. The molecular formula is C17H11Cl2NO5. The van der Waals surface area contributed by atoms with Crippen molar-refractivity contribution in [1.29, 1.82) is 0 Å². The van der Waals surface area contributed by atoms with Crippen LogP contribution in [0, 0.1) is 0 Å². The summed E-state index contributed by atoms with van der Waals surface area (Å²) in [7, 11) is 1.53. The largest absolute Gasteiger partial charge is 0.507 e. The molecule has 25 heavy (non-hydrogen) atoms. The smallest absolute Gasteiger partial charge is 0.275 e. The van der Waals surface area contributed by atoms with Crippen LogP contribution in [0.25, 0.3) is 22.5 Å². The molecule has 0 bridgehead atoms. The number of hydrogen-bond donors (Lipinski definition) is 2. The number of carbonyl (C=O) groups is 1. The van der Waals surface area contributed by atoms with Crippen molar-refractivity contribution in [3.63, 3.8) is 0 Å². The zero-order valence-electron chi connectivity index (χ0n) is 12.8. The molecule has 8 heteroatoms. The van der Waals surface area contributed by atoms with Gasteiger partial charge in [0, 0.05) is 6.07 Å². The van der Waals surface area contributed by atoms with Gasteiger partial charge in [0.25, 0.3) is 5.24 Å². The van der Waals surface area contributed by atoms with Gasteiger partial charge in [0.1, 0.15) is 17.2 Å². The van der Waals surface area contributed by atoms with Gasteiger partial charge in [-0.05, 0) is 35.4 Å². The van der Waals surface area contributed by atoms with Crippen molar-refractivity contribution < 1.29 is 24.3 Å². The molecule has 0 saturated heterocycles. The minimum Gasteiger partial charge on any atom is -0.507 e. The quantitative estimate of drug-likeness (QED) is 0.650. The number of aromatic hydroxyl groups is 2. The van der Waals surface area contributed by atoms with Crippen molar-refractivity contribution in [3.8, 4) is 39.7 Å². The van der Waals surface area contributed by atoms with E-state index < -0.39 is 5.24 Å². The van der Waals surface area contributed by atoms with Crippen molar-refractivity contribution in [1.82, 2.24) is 5.16 Å². The van der Waals surface area contributed by atoms with E-state index in [1.54, 1.807) is 24.3 Å². The second-order valence-corrected chi connectivity index (χ2v) is 5.81. The fourth-order valence-corrected chi connectivity index (χ4v) is 2.66. The molecule has 0 amide bonds. The van der Waals surface area contributed by atoms with Crippen LogP contribution in [0.4, 0.5) is 0 Å². The normalized spacial score (nSPS) is 10.7. The number of benzene rings is 2. The second-order valence-electron chi connectivity index (χ2n) is 5.06. The predicted molar refractivity (Wildman–Crippen MR) is 92.5 cm³/mol. The van der Waals surface area contributed by atoms with Gasteiger partial charge in [-0.1, -0.05) is 28.9 Å². The predicted octanol–water partition coefficient (Wildman–Crippen LogP) is 4.46. The molecule has 0 saturated carbocycles. The molecule has 1 heterocycles. The number of methoxy groups -OCH3 is 1. The Labute approximate surface area is 152 Å². The number of carbonyl (C=O) groups excluding carboxylic acids is 1. The lowest BCUT2D eigenvalue weighted by Crippen LogP contribution is -1.93. The van der Waals surface area contributed by atoms with Crippen LogP contribution in [-0.4, -0.2) is 27.7 Å². The molecule has 1 aromatic heterocycles. The Bertz CT molecular complexity index is 950. The number of halogens is 2. The average Bonchev–Trinajstić information content (AvgIpc) is 3.03. The molecule has 6 nitrogen and oxygen atoms in total. The van der Waals surface area contributed by atoms with Gasteiger partial charge in [-0.25, -0.2) is 0 Å². The third-order valence-corrected chi connectivity index (χ3v) is 4.05. The molecule has 0 aliphatic carbocycles. The lowest BCUT2D eigenvalue weighted by molar-refractivity contribution is 0.107. The van der Waals surface area contributed by atoms with E-state index in [-0.39, 0.29) is 33.5 Å². The van der Waals surface area contributed by atoms with Gasteiger partial charge >= 0.3 is 0 Å². The Morgan fingerprint density at radius 3 is 2.44 bits per heavy atom. The molecule has 0 aliphatic heterocycles. The van der Waals surface area contributed by atoms with Crippen LogP contribution in [-0.2, 0) is 0 Å². The first-order valence-electron chi connectivity index (χ1n) is 6.98. The number of ether oxygens (including phenoxy) is 1. The van der Waals surface area contributed by atoms with E-state index in [0.717, 1.165) is 6.07 Å². The van der Waals surface area contributed by atoms with Crippen molar-refractivity contribution in [3.05, 3.63) is 47.1 Å². The molecule has 0 spiro atoms. The van der Waals surface area contributed by atoms with Gasteiger partial charge in [0.2, 0.25) is 0 Å². The molecule has 3 rings (SSSR count). The minimum atomic E-state index is -0.815. The Hall–Kier alpha value is -2.70. The van der Waals surface area contributed by atoms with Gasteiger partial charge in [-0.3, -0.25) is 4.79 Å². The van der Waals surface area contributed by atoms with Gasteiger partial charge in [0.05, 0.1) is 23.3 Å². The van der Waals surface area contributed by atoms with E-state index in [4.69, 9.17) is 32.5 Å². The van der Waals surface area contributed by atoms with Crippen LogP contribution in [0.15, 0.2) is 40.9 Å². The summed E-state index contributed by atoms with van der Waals surface area (Å²) in [6, 6.07) is 9.15. The van der Waals surface area contributed by atoms with Crippen molar-refractivity contribution in [2.75, 3.05) is 7.11 Å². The third-order valence-electron chi connectivity index (χ3n) is 3.57. The Balaban J connectivity index is 2.25. The fourth-order valence-electron chi connectivity index (χ4n) is 2.37. The van der Waals surface area contributed by atoms with Gasteiger partial charge in [-0.2, -0.15) is 0 Å². The molecule has 0 aliphatic rings. The van der Waals surface area contributed by atoms with E-state index in [1.165, 1.54) is 13.2 Å². The number of hydrogen-bond acceptors (Lipinski definition) is 6. The Morgan fingerprint density at radius 1 is 1.16 bits per heavy atom. The summed E-state index contributed by atoms with van der Waals surface area (Å²) < 4.78 is 10.4. The maximum Gasteiger partial charge on any atom is 0.275 e. The van der Waals surface area contributed by atoms with Crippen molar-refractivity contribution in [2.24, 2.45) is 0 Å². The van der Waals surface area contributed by atoms with E-state index >= 15 is 0 Å². The summed E-state index contributed by atoms with van der Waals surface area (Å²) in [5, 5.41) is 22.6. The first-order chi connectivity index (χ1) is 11.9. The van der Waals surface area contributed by atoms with Crippen LogP contribution in [0.1, 0.15) is 10.5 Å². The molecule has 0 fully saturated rings. The highest BCUT2D eigenvalue weighted by molar-refractivity contribution is 6.68. The molecule has 0 radical (unpaired) electrons. The Kier molecular flexibility index (Phi) is 4.57. The van der Waals surface area contributed by atoms with Crippen molar-refractivity contribution >= 4 is 28.4 Å². The zero-order valence-corrected chi connectivity index (χ0v) is 14.3. The maximum absolute atomic E-state index is 11.7. The SMILES string of the molecule is COc1ccc(-c2c(C(=O)Cl)noc2-c2cc(Cl)c(O)cc2O)cc1. The topological polar surface area (TPSA) is 92.8 Å². The van der Waals surface area contributed by atoms with E-state index in [2.05, 4.69) is 5.16 Å². The van der Waals surface area contributed by atoms with E-state index in [0.29, 0.717) is 16.9 Å². The maximum atomic E-state index is 11.7. The van der Waals surface area contributed by atoms with Crippen LogP contribution in [0.3, 0.4) is 0 Å². The van der Waals surface area contributed by atoms with Crippen LogP contribution in [0.5, 0.6) is 17.2 Å². The molecular weight excluding hydrogens is 369 g/mol. The molecule has 0 atom stereocenters. The number of rotatable bonds is 4. The summed E-state index contributed by atoms with van der Waals surface area (Å²) in [4.78, 5) is 11.7. The summed E-state index contributed by atoms with van der Waals surface area (Å²) >= 11 is 11.5. The first kappa shape index (κ1) is 17.1. The van der Waals surface area contributed by atoms with Gasteiger partial charge in [-0.15, -0.1) is 0 Å². The summed E-state index contributed by atoms with van der Waals surface area (Å²) in [6.07, 6.45) is 0. The van der Waals surface area contributed by atoms with Crippen LogP contribution >= 0.6 is 23.2 Å². The van der Waals surface area contributed by atoms with Gasteiger partial charge < -0.3 is 19.5 Å². The Morgan fingerprint density at radius 2 is 1.84 bits per heavy atom. The second kappa shape index (κ2) is 6.66. The standard InChI is InChI=1S/C17H11Cl2NO5/c1-24-9-4-2-8(3-5-9)14-15(17(19)23)20-25-16(14)10-6-11(18)13(22)7-12(10)21/h2-7,21-22H,1H3. The van der Waals surface area contributed by atoms with Crippen LogP contribution in [0.2, 0.25) is 5.02 Å². The monoisotopic (exact) mass is 379 g/mol. The number of phenolic OH excluding ortho intramolecular Hbond substituents is 2. The lowest BCUT2D eigenvalue weighted by Gasteiger charge is -2.07. The molecule has 2 aromatic carbocycles. The number of nitrogens with zero attached hydrogens (tertiary/aromatic N) is 1. The summed E-state index contributed by atoms with van der Waals surface area (Å²) in [5.41, 5.74) is 0.917. The zero-order chi connectivity index (χ0) is 18.1. The van der Waals surface area contributed by atoms with Crippen molar-refractivity contribution in [2.45, 2.75) is 0 Å². The number of aromatic nitrogens is 1. The molecule has 2 N–H and O–H groups in total. The number of phenols is 2. The highest BCUT2D eigenvalue weighted by Crippen LogP contribution is 2.43. The molecule has 128 valence electrons. The fraction of sp³-hybridized carbons (Fsp3) is 0.0588. The molecule has 0 unspecified atom stereocenters. The summed E-state index contributed by atoms with van der Waals surface area (Å²) in [6.45, 7) is 0. The highest BCUT2D eigenvalue weighted by Gasteiger charge is 2.25. The summed E-state index contributed by atoms with van der Waals surface area (Å²) in [5.74, 6) is 0.132. The minimum absolute atomic E-state index is 0.00336. The third kappa shape index (κ3) is 3.14. The van der Waals surface area contributed by atoms with E-state index in [1.807, 2.05) is 0 Å². The van der Waals surface area contributed by atoms with Crippen LogP contribution < -0.4 is 4.74 Å². The first-order valence-corrected chi connectivity index (χ1v) is 7.73. The van der Waals surface area contributed by atoms with E-state index in [9.17, 15) is 15.0 Å². The lowest BCUT2D eigenvalue weighted by atomic mass is 9.99.